The van der Waals surface area contributed by atoms with E-state index in [1.807, 2.05) is 0 Å². The van der Waals surface area contributed by atoms with Gasteiger partial charge in [-0.3, -0.25) is 0 Å². The highest BCUT2D eigenvalue weighted by Crippen LogP contribution is 2.20. The first-order valence-corrected chi connectivity index (χ1v) is 4.13. The van der Waals surface area contributed by atoms with Crippen LogP contribution in [0.2, 0.25) is 0 Å². The van der Waals surface area contributed by atoms with Crippen LogP contribution in [-0.2, 0) is 4.74 Å². The van der Waals surface area contributed by atoms with Crippen molar-refractivity contribution < 1.29 is 9.84 Å². The number of nitrogen functional groups attached to an aromatic ring is 1. The highest BCUT2D eigenvalue weighted by molar-refractivity contribution is 5.39. The van der Waals surface area contributed by atoms with E-state index in [1.54, 1.807) is 25.4 Å². The number of anilines is 1. The molecule has 4 heteroatoms. The Labute approximate surface area is 77.4 Å². The lowest BCUT2D eigenvalue weighted by Crippen LogP contribution is -2.06. The second-order valence-corrected chi connectivity index (χ2v) is 2.78. The molecule has 0 bridgehead atoms. The van der Waals surface area contributed by atoms with Crippen molar-refractivity contribution in [3.05, 3.63) is 23.9 Å². The zero-order chi connectivity index (χ0) is 9.68. The molecule has 1 atom stereocenters. The number of methoxy groups -OCH3 is 1. The van der Waals surface area contributed by atoms with Gasteiger partial charge in [-0.1, -0.05) is 6.07 Å². The SMILES string of the molecule is COCCC(O)c1cccnc1N. The highest BCUT2D eigenvalue weighted by atomic mass is 16.5. The predicted molar refractivity (Wildman–Crippen MR) is 50.1 cm³/mol. The Kier molecular flexibility index (Phi) is 3.67. The summed E-state index contributed by atoms with van der Waals surface area (Å²) in [6.07, 6.45) is 1.54. The number of pyridine rings is 1. The van der Waals surface area contributed by atoms with Crippen molar-refractivity contribution in [3.8, 4) is 0 Å². The first-order valence-electron chi connectivity index (χ1n) is 4.13. The number of rotatable bonds is 4. The number of nitrogens with two attached hydrogens (primary N) is 1. The molecule has 4 nitrogen and oxygen atoms in total. The summed E-state index contributed by atoms with van der Waals surface area (Å²) in [5, 5.41) is 9.63. The Bertz CT molecular complexity index is 266. The largest absolute Gasteiger partial charge is 0.388 e. The van der Waals surface area contributed by atoms with Crippen molar-refractivity contribution in [1.82, 2.24) is 4.98 Å². The summed E-state index contributed by atoms with van der Waals surface area (Å²) in [6, 6.07) is 3.52. The quantitative estimate of drug-likeness (QED) is 0.720. The molecular weight excluding hydrogens is 168 g/mol. The van der Waals surface area contributed by atoms with Crippen LogP contribution in [0, 0.1) is 0 Å². The summed E-state index contributed by atoms with van der Waals surface area (Å²) >= 11 is 0. The fourth-order valence-corrected chi connectivity index (χ4v) is 1.10. The van der Waals surface area contributed by atoms with Gasteiger partial charge in [0.1, 0.15) is 5.82 Å². The van der Waals surface area contributed by atoms with Crippen molar-refractivity contribution >= 4 is 5.82 Å². The van der Waals surface area contributed by atoms with Crippen LogP contribution in [0.5, 0.6) is 0 Å². The maximum atomic E-state index is 9.63. The minimum Gasteiger partial charge on any atom is -0.388 e. The first kappa shape index (κ1) is 9.95. The van der Waals surface area contributed by atoms with Gasteiger partial charge in [0.2, 0.25) is 0 Å². The molecule has 0 spiro atoms. The van der Waals surface area contributed by atoms with Crippen LogP contribution >= 0.6 is 0 Å². The molecule has 3 N–H and O–H groups in total. The molecule has 0 aromatic carbocycles. The van der Waals surface area contributed by atoms with E-state index in [0.29, 0.717) is 24.4 Å². The van der Waals surface area contributed by atoms with E-state index < -0.39 is 6.10 Å². The van der Waals surface area contributed by atoms with Crippen molar-refractivity contribution in [2.24, 2.45) is 0 Å². The average Bonchev–Trinajstić information content (AvgIpc) is 2.15. The highest BCUT2D eigenvalue weighted by Gasteiger charge is 2.10. The molecule has 1 unspecified atom stereocenters. The molecule has 0 fully saturated rings. The molecule has 0 aliphatic carbocycles. The number of aromatic nitrogens is 1. The van der Waals surface area contributed by atoms with Crippen LogP contribution in [0.1, 0.15) is 18.1 Å². The van der Waals surface area contributed by atoms with E-state index in [1.165, 1.54) is 0 Å². The zero-order valence-corrected chi connectivity index (χ0v) is 7.60. The molecular formula is C9H14N2O2. The van der Waals surface area contributed by atoms with Gasteiger partial charge in [-0.25, -0.2) is 4.98 Å². The molecule has 1 aromatic rings. The number of aliphatic hydroxyl groups excluding tert-OH is 1. The van der Waals surface area contributed by atoms with Gasteiger partial charge in [0.25, 0.3) is 0 Å². The van der Waals surface area contributed by atoms with Gasteiger partial charge in [-0.15, -0.1) is 0 Å². The normalized spacial score (nSPS) is 12.8. The molecule has 0 aliphatic rings. The lowest BCUT2D eigenvalue weighted by atomic mass is 10.1. The summed E-state index contributed by atoms with van der Waals surface area (Å²) in [4.78, 5) is 3.89. The van der Waals surface area contributed by atoms with E-state index in [0.717, 1.165) is 0 Å². The van der Waals surface area contributed by atoms with Gasteiger partial charge < -0.3 is 15.6 Å². The Hall–Kier alpha value is -1.13. The standard InChI is InChI=1S/C9H14N2O2/c1-13-6-4-8(12)7-3-2-5-11-9(7)10/h2-3,5,8,12H,4,6H2,1H3,(H2,10,11). The average molecular weight is 182 g/mol. The Morgan fingerprint density at radius 1 is 1.69 bits per heavy atom. The van der Waals surface area contributed by atoms with E-state index in [2.05, 4.69) is 4.98 Å². The molecule has 72 valence electrons. The van der Waals surface area contributed by atoms with Crippen molar-refractivity contribution in [2.75, 3.05) is 19.5 Å². The maximum absolute atomic E-state index is 9.63. The van der Waals surface area contributed by atoms with Gasteiger partial charge >= 0.3 is 0 Å². The zero-order valence-electron chi connectivity index (χ0n) is 7.60. The van der Waals surface area contributed by atoms with E-state index in [9.17, 15) is 5.11 Å². The molecule has 0 radical (unpaired) electrons. The predicted octanol–water partition coefficient (Wildman–Crippen LogP) is 0.734. The smallest absolute Gasteiger partial charge is 0.129 e. The van der Waals surface area contributed by atoms with Gasteiger partial charge in [0.05, 0.1) is 6.10 Å². The molecule has 0 aliphatic heterocycles. The minimum absolute atomic E-state index is 0.381. The van der Waals surface area contributed by atoms with Crippen molar-refractivity contribution in [1.29, 1.82) is 0 Å². The minimum atomic E-state index is -0.589. The van der Waals surface area contributed by atoms with Crippen LogP contribution in [-0.4, -0.2) is 23.8 Å². The lowest BCUT2D eigenvalue weighted by Gasteiger charge is -2.11. The third-order valence-electron chi connectivity index (χ3n) is 1.83. The fourth-order valence-electron chi connectivity index (χ4n) is 1.10. The number of nitrogens with zero attached hydrogens (tertiary/aromatic N) is 1. The summed E-state index contributed by atoms with van der Waals surface area (Å²) in [5.74, 6) is 0.381. The fraction of sp³-hybridized carbons (Fsp3) is 0.444. The summed E-state index contributed by atoms with van der Waals surface area (Å²) < 4.78 is 4.85. The molecule has 0 saturated heterocycles. The van der Waals surface area contributed by atoms with Crippen molar-refractivity contribution in [2.45, 2.75) is 12.5 Å². The molecule has 1 rings (SSSR count). The van der Waals surface area contributed by atoms with E-state index in [4.69, 9.17) is 10.5 Å². The number of aliphatic hydroxyl groups is 1. The molecule has 1 aromatic heterocycles. The maximum Gasteiger partial charge on any atom is 0.129 e. The molecule has 13 heavy (non-hydrogen) atoms. The Morgan fingerprint density at radius 2 is 2.46 bits per heavy atom. The molecule has 0 amide bonds. The second kappa shape index (κ2) is 4.79. The van der Waals surface area contributed by atoms with Gasteiger partial charge in [-0.05, 0) is 6.07 Å². The second-order valence-electron chi connectivity index (χ2n) is 2.78. The Morgan fingerprint density at radius 3 is 3.08 bits per heavy atom. The third-order valence-corrected chi connectivity index (χ3v) is 1.83. The number of ether oxygens (including phenoxy) is 1. The van der Waals surface area contributed by atoms with Crippen LogP contribution < -0.4 is 5.73 Å². The monoisotopic (exact) mass is 182 g/mol. The van der Waals surface area contributed by atoms with Crippen LogP contribution in [0.15, 0.2) is 18.3 Å². The summed E-state index contributed by atoms with van der Waals surface area (Å²) in [6.45, 7) is 0.509. The van der Waals surface area contributed by atoms with E-state index in [-0.39, 0.29) is 0 Å². The van der Waals surface area contributed by atoms with Gasteiger partial charge in [-0.2, -0.15) is 0 Å². The summed E-state index contributed by atoms with van der Waals surface area (Å²) in [5.41, 5.74) is 6.25. The number of hydrogen-bond acceptors (Lipinski definition) is 4. The van der Waals surface area contributed by atoms with Crippen LogP contribution in [0.4, 0.5) is 5.82 Å². The van der Waals surface area contributed by atoms with Crippen molar-refractivity contribution in [3.63, 3.8) is 0 Å². The van der Waals surface area contributed by atoms with Crippen LogP contribution in [0.3, 0.4) is 0 Å². The topological polar surface area (TPSA) is 68.4 Å². The third kappa shape index (κ3) is 2.68. The first-order chi connectivity index (χ1) is 6.25. The van der Waals surface area contributed by atoms with Gasteiger partial charge in [0.15, 0.2) is 0 Å². The Balaban J connectivity index is 2.65. The molecule has 1 heterocycles. The summed E-state index contributed by atoms with van der Waals surface area (Å²) in [7, 11) is 1.60. The molecule has 0 saturated carbocycles. The lowest BCUT2D eigenvalue weighted by molar-refractivity contribution is 0.111. The van der Waals surface area contributed by atoms with E-state index >= 15 is 0 Å². The number of hydrogen-bond donors (Lipinski definition) is 2. The van der Waals surface area contributed by atoms with Gasteiger partial charge in [0, 0.05) is 31.9 Å². The van der Waals surface area contributed by atoms with Crippen LogP contribution in [0.25, 0.3) is 0 Å².